The molecule has 0 bridgehead atoms. The summed E-state index contributed by atoms with van der Waals surface area (Å²) in [5, 5.41) is 12.5. The zero-order valence-electron chi connectivity index (χ0n) is 9.34. The van der Waals surface area contributed by atoms with E-state index in [9.17, 15) is 9.50 Å². The molecule has 1 aromatic carbocycles. The van der Waals surface area contributed by atoms with Crippen molar-refractivity contribution in [1.82, 2.24) is 5.32 Å². The third-order valence-corrected chi connectivity index (χ3v) is 3.05. The van der Waals surface area contributed by atoms with E-state index in [0.29, 0.717) is 11.0 Å². The summed E-state index contributed by atoms with van der Waals surface area (Å²) in [5.74, 6) is -0.245. The second kappa shape index (κ2) is 6.99. The SMILES string of the molecule is CCC(O)CCNCc1ccc(F)c(Br)c1. The molecule has 0 heterocycles. The van der Waals surface area contributed by atoms with Gasteiger partial charge in [0.1, 0.15) is 5.82 Å². The Labute approximate surface area is 104 Å². The maximum absolute atomic E-state index is 12.9. The van der Waals surface area contributed by atoms with E-state index >= 15 is 0 Å². The first-order valence-electron chi connectivity index (χ1n) is 5.46. The Morgan fingerprint density at radius 1 is 1.50 bits per heavy atom. The van der Waals surface area contributed by atoms with Crippen molar-refractivity contribution in [2.24, 2.45) is 0 Å². The predicted octanol–water partition coefficient (Wildman–Crippen LogP) is 2.84. The van der Waals surface area contributed by atoms with Crippen molar-refractivity contribution in [3.05, 3.63) is 34.1 Å². The van der Waals surface area contributed by atoms with Crippen molar-refractivity contribution in [1.29, 1.82) is 0 Å². The van der Waals surface area contributed by atoms with Crippen molar-refractivity contribution < 1.29 is 9.50 Å². The first-order valence-corrected chi connectivity index (χ1v) is 6.25. The molecule has 2 N–H and O–H groups in total. The minimum absolute atomic E-state index is 0.229. The monoisotopic (exact) mass is 289 g/mol. The second-order valence-corrected chi connectivity index (χ2v) is 4.63. The average molecular weight is 290 g/mol. The molecule has 0 spiro atoms. The summed E-state index contributed by atoms with van der Waals surface area (Å²) in [5.41, 5.74) is 1.03. The first kappa shape index (κ1) is 13.6. The highest BCUT2D eigenvalue weighted by Gasteiger charge is 2.01. The molecular weight excluding hydrogens is 273 g/mol. The molecule has 1 unspecified atom stereocenters. The molecule has 1 atom stereocenters. The van der Waals surface area contributed by atoms with Gasteiger partial charge in [0.25, 0.3) is 0 Å². The van der Waals surface area contributed by atoms with Crippen molar-refractivity contribution in [3.63, 3.8) is 0 Å². The highest BCUT2D eigenvalue weighted by Crippen LogP contribution is 2.16. The van der Waals surface area contributed by atoms with E-state index in [4.69, 9.17) is 0 Å². The van der Waals surface area contributed by atoms with E-state index in [1.165, 1.54) is 6.07 Å². The number of aliphatic hydroxyl groups is 1. The van der Waals surface area contributed by atoms with Crippen LogP contribution in [0.5, 0.6) is 0 Å². The van der Waals surface area contributed by atoms with Gasteiger partial charge in [0.2, 0.25) is 0 Å². The lowest BCUT2D eigenvalue weighted by Gasteiger charge is -2.09. The van der Waals surface area contributed by atoms with Gasteiger partial charge < -0.3 is 10.4 Å². The van der Waals surface area contributed by atoms with Crippen LogP contribution >= 0.6 is 15.9 Å². The summed E-state index contributed by atoms with van der Waals surface area (Å²) < 4.78 is 13.4. The largest absolute Gasteiger partial charge is 0.393 e. The second-order valence-electron chi connectivity index (χ2n) is 3.78. The van der Waals surface area contributed by atoms with Gasteiger partial charge in [-0.3, -0.25) is 0 Å². The van der Waals surface area contributed by atoms with E-state index in [2.05, 4.69) is 21.2 Å². The Bertz CT molecular complexity index is 333. The Hall–Kier alpha value is -0.450. The highest BCUT2D eigenvalue weighted by molar-refractivity contribution is 9.10. The third-order valence-electron chi connectivity index (χ3n) is 2.44. The zero-order chi connectivity index (χ0) is 12.0. The number of hydrogen-bond acceptors (Lipinski definition) is 2. The van der Waals surface area contributed by atoms with E-state index < -0.39 is 0 Å². The normalized spacial score (nSPS) is 12.8. The van der Waals surface area contributed by atoms with Gasteiger partial charge >= 0.3 is 0 Å². The molecule has 1 aromatic rings. The van der Waals surface area contributed by atoms with Crippen LogP contribution in [-0.4, -0.2) is 17.8 Å². The van der Waals surface area contributed by atoms with Gasteiger partial charge in [-0.2, -0.15) is 0 Å². The molecule has 0 aliphatic carbocycles. The van der Waals surface area contributed by atoms with Crippen LogP contribution in [0.25, 0.3) is 0 Å². The maximum Gasteiger partial charge on any atom is 0.137 e. The Morgan fingerprint density at radius 2 is 2.25 bits per heavy atom. The lowest BCUT2D eigenvalue weighted by Crippen LogP contribution is -2.19. The summed E-state index contributed by atoms with van der Waals surface area (Å²) in [6.45, 7) is 3.42. The molecular formula is C12H17BrFNO. The Morgan fingerprint density at radius 3 is 2.88 bits per heavy atom. The molecule has 2 nitrogen and oxygen atoms in total. The molecule has 0 saturated heterocycles. The fourth-order valence-corrected chi connectivity index (χ4v) is 1.78. The van der Waals surface area contributed by atoms with Crippen LogP contribution in [0.3, 0.4) is 0 Å². The van der Waals surface area contributed by atoms with Crippen LogP contribution < -0.4 is 5.32 Å². The van der Waals surface area contributed by atoms with Crippen LogP contribution in [0.1, 0.15) is 25.3 Å². The maximum atomic E-state index is 12.9. The molecule has 16 heavy (non-hydrogen) atoms. The lowest BCUT2D eigenvalue weighted by atomic mass is 10.2. The van der Waals surface area contributed by atoms with Gasteiger partial charge in [-0.25, -0.2) is 4.39 Å². The molecule has 4 heteroatoms. The van der Waals surface area contributed by atoms with Crippen LogP contribution in [-0.2, 0) is 6.54 Å². The summed E-state index contributed by atoms with van der Waals surface area (Å²) in [6, 6.07) is 4.96. The zero-order valence-corrected chi connectivity index (χ0v) is 10.9. The van der Waals surface area contributed by atoms with E-state index in [0.717, 1.165) is 24.9 Å². The molecule has 0 radical (unpaired) electrons. The minimum Gasteiger partial charge on any atom is -0.393 e. The fraction of sp³-hybridized carbons (Fsp3) is 0.500. The van der Waals surface area contributed by atoms with Crippen LogP contribution in [0.15, 0.2) is 22.7 Å². The quantitative estimate of drug-likeness (QED) is 0.790. The van der Waals surface area contributed by atoms with Gasteiger partial charge in [0.05, 0.1) is 10.6 Å². The number of aliphatic hydroxyl groups excluding tert-OH is 1. The average Bonchev–Trinajstić information content (AvgIpc) is 2.28. The molecule has 0 saturated carbocycles. The lowest BCUT2D eigenvalue weighted by molar-refractivity contribution is 0.159. The molecule has 90 valence electrons. The van der Waals surface area contributed by atoms with Gasteiger partial charge in [-0.15, -0.1) is 0 Å². The molecule has 0 amide bonds. The van der Waals surface area contributed by atoms with Gasteiger partial charge in [-0.05, 0) is 53.0 Å². The van der Waals surface area contributed by atoms with Crippen molar-refractivity contribution >= 4 is 15.9 Å². The molecule has 0 aliphatic rings. The van der Waals surface area contributed by atoms with Crippen molar-refractivity contribution in [2.75, 3.05) is 6.54 Å². The van der Waals surface area contributed by atoms with Crippen LogP contribution in [0.2, 0.25) is 0 Å². The fourth-order valence-electron chi connectivity index (χ4n) is 1.36. The number of benzene rings is 1. The van der Waals surface area contributed by atoms with Gasteiger partial charge in [-0.1, -0.05) is 13.0 Å². The third kappa shape index (κ3) is 4.60. The minimum atomic E-state index is -0.245. The number of hydrogen-bond donors (Lipinski definition) is 2. The van der Waals surface area contributed by atoms with Crippen molar-refractivity contribution in [2.45, 2.75) is 32.4 Å². The Kier molecular flexibility index (Phi) is 5.95. The van der Waals surface area contributed by atoms with E-state index in [1.54, 1.807) is 12.1 Å². The molecule has 0 fully saturated rings. The highest BCUT2D eigenvalue weighted by atomic mass is 79.9. The number of nitrogens with one attached hydrogen (secondary N) is 1. The summed E-state index contributed by atoms with van der Waals surface area (Å²) in [7, 11) is 0. The Balaban J connectivity index is 2.29. The summed E-state index contributed by atoms with van der Waals surface area (Å²) >= 11 is 3.15. The first-order chi connectivity index (χ1) is 7.63. The molecule has 0 aromatic heterocycles. The topological polar surface area (TPSA) is 32.3 Å². The molecule has 0 aliphatic heterocycles. The van der Waals surface area contributed by atoms with Crippen LogP contribution in [0.4, 0.5) is 4.39 Å². The molecule has 1 rings (SSSR count). The van der Waals surface area contributed by atoms with Crippen molar-refractivity contribution in [3.8, 4) is 0 Å². The number of halogens is 2. The van der Waals surface area contributed by atoms with Gasteiger partial charge in [0.15, 0.2) is 0 Å². The summed E-state index contributed by atoms with van der Waals surface area (Å²) in [4.78, 5) is 0. The standard InChI is InChI=1S/C12H17BrFNO/c1-2-10(16)5-6-15-8-9-3-4-12(14)11(13)7-9/h3-4,7,10,15-16H,2,5-6,8H2,1H3. The number of rotatable bonds is 6. The van der Waals surface area contributed by atoms with Gasteiger partial charge in [0, 0.05) is 6.54 Å². The smallest absolute Gasteiger partial charge is 0.137 e. The van der Waals surface area contributed by atoms with E-state index in [1.807, 2.05) is 6.92 Å². The van der Waals surface area contributed by atoms with Crippen LogP contribution in [0, 0.1) is 5.82 Å². The van der Waals surface area contributed by atoms with E-state index in [-0.39, 0.29) is 11.9 Å². The summed E-state index contributed by atoms with van der Waals surface area (Å²) in [6.07, 6.45) is 1.30. The predicted molar refractivity (Wildman–Crippen MR) is 66.7 cm³/mol.